The predicted octanol–water partition coefficient (Wildman–Crippen LogP) is 3.45. The van der Waals surface area contributed by atoms with Crippen molar-refractivity contribution in [3.05, 3.63) is 53.2 Å². The van der Waals surface area contributed by atoms with Gasteiger partial charge in [0.05, 0.1) is 19.3 Å². The summed E-state index contributed by atoms with van der Waals surface area (Å²) in [6.45, 7) is 7.77. The van der Waals surface area contributed by atoms with Crippen molar-refractivity contribution in [2.24, 2.45) is 0 Å². The molecule has 1 aromatic carbocycles. The topological polar surface area (TPSA) is 49.5 Å². The summed E-state index contributed by atoms with van der Waals surface area (Å²) in [5.41, 5.74) is 2.76. The monoisotopic (exact) mass is 314 g/mol. The molecule has 0 saturated heterocycles. The lowest BCUT2D eigenvalue weighted by atomic mass is 9.94. The van der Waals surface area contributed by atoms with Gasteiger partial charge in [0.2, 0.25) is 5.89 Å². The fourth-order valence-corrected chi connectivity index (χ4v) is 3.29. The van der Waals surface area contributed by atoms with Crippen LogP contribution in [-0.2, 0) is 18.4 Å². The molecule has 4 heteroatoms. The van der Waals surface area contributed by atoms with E-state index < -0.39 is 0 Å². The second-order valence-corrected chi connectivity index (χ2v) is 7.32. The summed E-state index contributed by atoms with van der Waals surface area (Å²) in [5, 5.41) is 9.46. The Kier molecular flexibility index (Phi) is 4.55. The lowest BCUT2D eigenvalue weighted by molar-refractivity contribution is 0.130. The second-order valence-electron chi connectivity index (χ2n) is 7.32. The van der Waals surface area contributed by atoms with Gasteiger partial charge in [-0.15, -0.1) is 0 Å². The summed E-state index contributed by atoms with van der Waals surface area (Å²) in [7, 11) is 0. The molecule has 2 aromatic rings. The van der Waals surface area contributed by atoms with Crippen molar-refractivity contribution in [3.8, 4) is 0 Å². The van der Waals surface area contributed by atoms with Crippen molar-refractivity contribution in [2.75, 3.05) is 13.2 Å². The van der Waals surface area contributed by atoms with Crippen molar-refractivity contribution in [1.82, 2.24) is 9.88 Å². The van der Waals surface area contributed by atoms with E-state index >= 15 is 0 Å². The molecule has 1 atom stereocenters. The molecule has 1 aromatic heterocycles. The van der Waals surface area contributed by atoms with Crippen LogP contribution in [0.1, 0.15) is 56.0 Å². The number of aliphatic hydroxyl groups excluding tert-OH is 1. The number of fused-ring (bicyclic) bond motifs is 1. The average Bonchev–Trinajstić information content (AvgIpc) is 3.12. The first kappa shape index (κ1) is 16.2. The number of aliphatic hydroxyl groups is 1. The minimum absolute atomic E-state index is 0.0347. The van der Waals surface area contributed by atoms with Gasteiger partial charge in [-0.3, -0.25) is 4.90 Å². The highest BCUT2D eigenvalue weighted by atomic mass is 16.4. The lowest BCUT2D eigenvalue weighted by Gasteiger charge is -2.27. The molecule has 4 nitrogen and oxygen atoms in total. The molecule has 0 saturated carbocycles. The summed E-state index contributed by atoms with van der Waals surface area (Å²) in [4.78, 5) is 6.72. The van der Waals surface area contributed by atoms with E-state index in [0.29, 0.717) is 19.1 Å². The highest BCUT2D eigenvalue weighted by Crippen LogP contribution is 2.36. The first-order chi connectivity index (χ1) is 11.0. The summed E-state index contributed by atoms with van der Waals surface area (Å²) in [6, 6.07) is 8.93. The zero-order valence-electron chi connectivity index (χ0n) is 14.2. The molecule has 1 N–H and O–H groups in total. The van der Waals surface area contributed by atoms with E-state index in [1.165, 1.54) is 11.1 Å². The van der Waals surface area contributed by atoms with E-state index in [1.54, 1.807) is 0 Å². The fourth-order valence-electron chi connectivity index (χ4n) is 3.29. The Morgan fingerprint density at radius 3 is 2.78 bits per heavy atom. The number of aryl methyl sites for hydroxylation is 1. The normalized spacial score (nSPS) is 17.7. The smallest absolute Gasteiger partial charge is 0.208 e. The minimum atomic E-state index is -0.0347. The molecule has 23 heavy (non-hydrogen) atoms. The maximum Gasteiger partial charge on any atom is 0.208 e. The Labute approximate surface area is 138 Å². The standard InChI is InChI=1S/C19H26N2O2/c1-19(2,3)17-12-20-18(23-17)13-21(10-11-22)16-9-8-14-6-4-5-7-15(14)16/h4-7,12,16,22H,8-11,13H2,1-3H3. The van der Waals surface area contributed by atoms with Crippen LogP contribution in [0.2, 0.25) is 0 Å². The number of rotatable bonds is 5. The Balaban J connectivity index is 1.79. The van der Waals surface area contributed by atoms with Crippen molar-refractivity contribution in [2.45, 2.75) is 51.6 Å². The zero-order valence-corrected chi connectivity index (χ0v) is 14.2. The van der Waals surface area contributed by atoms with Crippen molar-refractivity contribution >= 4 is 0 Å². The number of nitrogens with zero attached hydrogens (tertiary/aromatic N) is 2. The van der Waals surface area contributed by atoms with Gasteiger partial charge in [0.25, 0.3) is 0 Å². The number of hydrogen-bond acceptors (Lipinski definition) is 4. The highest BCUT2D eigenvalue weighted by molar-refractivity contribution is 5.34. The molecule has 0 radical (unpaired) electrons. The largest absolute Gasteiger partial charge is 0.444 e. The first-order valence-electron chi connectivity index (χ1n) is 8.37. The van der Waals surface area contributed by atoms with Gasteiger partial charge < -0.3 is 9.52 Å². The maximum absolute atomic E-state index is 9.46. The fraction of sp³-hybridized carbons (Fsp3) is 0.526. The number of benzene rings is 1. The third-order valence-electron chi connectivity index (χ3n) is 4.56. The van der Waals surface area contributed by atoms with Gasteiger partial charge in [0.1, 0.15) is 5.76 Å². The Morgan fingerprint density at radius 1 is 1.30 bits per heavy atom. The van der Waals surface area contributed by atoms with Crippen molar-refractivity contribution < 1.29 is 9.52 Å². The molecule has 1 heterocycles. The van der Waals surface area contributed by atoms with Crippen LogP contribution in [0.4, 0.5) is 0 Å². The predicted molar refractivity (Wildman–Crippen MR) is 90.2 cm³/mol. The van der Waals surface area contributed by atoms with Crippen LogP contribution in [0.3, 0.4) is 0 Å². The van der Waals surface area contributed by atoms with Crippen LogP contribution < -0.4 is 0 Å². The van der Waals surface area contributed by atoms with E-state index in [0.717, 1.165) is 24.5 Å². The minimum Gasteiger partial charge on any atom is -0.444 e. The molecule has 0 bridgehead atoms. The van der Waals surface area contributed by atoms with E-state index in [4.69, 9.17) is 4.42 Å². The third-order valence-corrected chi connectivity index (χ3v) is 4.56. The summed E-state index contributed by atoms with van der Waals surface area (Å²) in [5.74, 6) is 1.64. The van der Waals surface area contributed by atoms with Crippen LogP contribution in [0.5, 0.6) is 0 Å². The van der Waals surface area contributed by atoms with E-state index in [1.807, 2.05) is 6.20 Å². The van der Waals surface area contributed by atoms with Crippen LogP contribution in [0, 0.1) is 0 Å². The second kappa shape index (κ2) is 6.46. The van der Waals surface area contributed by atoms with E-state index in [2.05, 4.69) is 54.9 Å². The van der Waals surface area contributed by atoms with Crippen LogP contribution in [0.15, 0.2) is 34.9 Å². The van der Waals surface area contributed by atoms with Gasteiger partial charge in [-0.05, 0) is 24.0 Å². The number of hydrogen-bond donors (Lipinski definition) is 1. The molecule has 1 unspecified atom stereocenters. The molecular formula is C19H26N2O2. The SMILES string of the molecule is CC(C)(C)c1cnc(CN(CCO)C2CCc3ccccc32)o1. The maximum atomic E-state index is 9.46. The van der Waals surface area contributed by atoms with Gasteiger partial charge in [-0.2, -0.15) is 0 Å². The lowest BCUT2D eigenvalue weighted by Crippen LogP contribution is -2.30. The highest BCUT2D eigenvalue weighted by Gasteiger charge is 2.29. The molecule has 0 aliphatic heterocycles. The Bertz CT molecular complexity index is 657. The van der Waals surface area contributed by atoms with E-state index in [-0.39, 0.29) is 12.0 Å². The number of oxazole rings is 1. The molecular weight excluding hydrogens is 288 g/mol. The molecule has 1 aliphatic carbocycles. The molecule has 3 rings (SSSR count). The third kappa shape index (κ3) is 3.48. The van der Waals surface area contributed by atoms with Gasteiger partial charge in [0, 0.05) is 18.0 Å². The quantitative estimate of drug-likeness (QED) is 0.918. The van der Waals surface area contributed by atoms with Crippen molar-refractivity contribution in [1.29, 1.82) is 0 Å². The molecule has 1 aliphatic rings. The van der Waals surface area contributed by atoms with Gasteiger partial charge in [-0.25, -0.2) is 4.98 Å². The van der Waals surface area contributed by atoms with Gasteiger partial charge in [0.15, 0.2) is 0 Å². The molecule has 0 amide bonds. The molecule has 0 fully saturated rings. The van der Waals surface area contributed by atoms with Gasteiger partial charge >= 0.3 is 0 Å². The summed E-state index contributed by atoms with van der Waals surface area (Å²) in [6.07, 6.45) is 4.02. The Morgan fingerprint density at radius 2 is 2.09 bits per heavy atom. The van der Waals surface area contributed by atoms with Crippen LogP contribution >= 0.6 is 0 Å². The Hall–Kier alpha value is -1.65. The molecule has 0 spiro atoms. The van der Waals surface area contributed by atoms with Crippen molar-refractivity contribution in [3.63, 3.8) is 0 Å². The molecule has 124 valence electrons. The average molecular weight is 314 g/mol. The van der Waals surface area contributed by atoms with Gasteiger partial charge in [-0.1, -0.05) is 45.0 Å². The zero-order chi connectivity index (χ0) is 16.4. The van der Waals surface area contributed by atoms with Crippen LogP contribution in [-0.4, -0.2) is 28.1 Å². The first-order valence-corrected chi connectivity index (χ1v) is 8.37. The summed E-state index contributed by atoms with van der Waals surface area (Å²) < 4.78 is 5.94. The summed E-state index contributed by atoms with van der Waals surface area (Å²) >= 11 is 0. The number of aromatic nitrogens is 1. The van der Waals surface area contributed by atoms with E-state index in [9.17, 15) is 5.11 Å². The van der Waals surface area contributed by atoms with Crippen LogP contribution in [0.25, 0.3) is 0 Å².